The number of nitrogens with zero attached hydrogens (tertiary/aromatic N) is 5. The second-order valence-electron chi connectivity index (χ2n) is 7.72. The molecule has 1 saturated heterocycles. The minimum absolute atomic E-state index is 0.0289. The van der Waals surface area contributed by atoms with Crippen molar-refractivity contribution in [1.29, 1.82) is 0 Å². The SMILES string of the molecule is Cc1ccc(Nc2ccc(N3CCN(C(=O)Nc4ccc(Cl)c(C(F)(F)F)c4)CC3)nn2)nc1. The number of nitrogens with one attached hydrogen (secondary N) is 2. The van der Waals surface area contributed by atoms with Crippen molar-refractivity contribution in [3.8, 4) is 0 Å². The molecule has 0 aliphatic carbocycles. The van der Waals surface area contributed by atoms with Crippen LogP contribution in [0, 0.1) is 6.92 Å². The number of urea groups is 1. The van der Waals surface area contributed by atoms with Gasteiger partial charge >= 0.3 is 12.2 Å². The lowest BCUT2D eigenvalue weighted by molar-refractivity contribution is -0.137. The number of aromatic nitrogens is 3. The first-order chi connectivity index (χ1) is 16.2. The van der Waals surface area contributed by atoms with Gasteiger partial charge in [0.1, 0.15) is 5.82 Å². The molecule has 0 radical (unpaired) electrons. The molecule has 1 aliphatic rings. The van der Waals surface area contributed by atoms with Crippen LogP contribution in [0.15, 0.2) is 48.7 Å². The third-order valence-corrected chi connectivity index (χ3v) is 5.56. The molecular weight excluding hydrogens is 471 g/mol. The van der Waals surface area contributed by atoms with Crippen LogP contribution >= 0.6 is 11.6 Å². The molecule has 2 amide bonds. The Labute approximate surface area is 198 Å². The van der Waals surface area contributed by atoms with E-state index in [9.17, 15) is 18.0 Å². The summed E-state index contributed by atoms with van der Waals surface area (Å²) in [4.78, 5) is 20.3. The number of alkyl halides is 3. The molecule has 1 aliphatic heterocycles. The summed E-state index contributed by atoms with van der Waals surface area (Å²) < 4.78 is 39.1. The molecule has 4 rings (SSSR count). The van der Waals surface area contributed by atoms with Crippen LogP contribution in [0.5, 0.6) is 0 Å². The normalized spacial score (nSPS) is 14.1. The van der Waals surface area contributed by atoms with Gasteiger partial charge in [0, 0.05) is 38.1 Å². The Balaban J connectivity index is 1.31. The Hall–Kier alpha value is -3.60. The van der Waals surface area contributed by atoms with Gasteiger partial charge in [-0.1, -0.05) is 17.7 Å². The lowest BCUT2D eigenvalue weighted by atomic mass is 10.2. The zero-order valence-corrected chi connectivity index (χ0v) is 18.9. The highest BCUT2D eigenvalue weighted by Gasteiger charge is 2.33. The van der Waals surface area contributed by atoms with Crippen molar-refractivity contribution in [3.05, 3.63) is 64.8 Å². The fraction of sp³-hybridized carbons (Fsp3) is 0.273. The summed E-state index contributed by atoms with van der Waals surface area (Å²) in [6.07, 6.45) is -2.85. The number of carbonyl (C=O) groups excluding carboxylic acids is 1. The van der Waals surface area contributed by atoms with Crippen molar-refractivity contribution in [2.75, 3.05) is 41.7 Å². The highest BCUT2D eigenvalue weighted by atomic mass is 35.5. The van der Waals surface area contributed by atoms with Crippen LogP contribution in [-0.2, 0) is 6.18 Å². The van der Waals surface area contributed by atoms with Crippen molar-refractivity contribution in [2.24, 2.45) is 0 Å². The summed E-state index contributed by atoms with van der Waals surface area (Å²) in [5.41, 5.74) is 0.0895. The summed E-state index contributed by atoms with van der Waals surface area (Å²) in [6, 6.07) is 10.2. The van der Waals surface area contributed by atoms with Crippen LogP contribution in [0.3, 0.4) is 0 Å². The van der Waals surface area contributed by atoms with E-state index in [0.29, 0.717) is 43.6 Å². The quantitative estimate of drug-likeness (QED) is 0.537. The standard InChI is InChI=1S/C22H21ClF3N7O/c1-14-2-5-18(27-13-14)29-19-6-7-20(31-30-19)32-8-10-33(11-9-32)21(34)28-15-3-4-17(23)16(12-15)22(24,25)26/h2-7,12-13H,8-11H2,1H3,(H,28,34)(H,27,29,30). The number of aryl methyl sites for hydroxylation is 1. The molecule has 12 heteroatoms. The number of piperazine rings is 1. The molecule has 0 atom stereocenters. The maximum absolute atomic E-state index is 13.0. The summed E-state index contributed by atoms with van der Waals surface area (Å²) in [7, 11) is 0. The van der Waals surface area contributed by atoms with E-state index in [4.69, 9.17) is 11.6 Å². The number of halogens is 4. The van der Waals surface area contributed by atoms with Crippen LogP contribution in [0.25, 0.3) is 0 Å². The minimum Gasteiger partial charge on any atom is -0.352 e. The molecule has 0 saturated carbocycles. The van der Waals surface area contributed by atoms with Gasteiger partial charge < -0.3 is 20.4 Å². The molecule has 0 bridgehead atoms. The van der Waals surface area contributed by atoms with E-state index >= 15 is 0 Å². The van der Waals surface area contributed by atoms with Gasteiger partial charge in [0.15, 0.2) is 11.6 Å². The number of hydrogen-bond acceptors (Lipinski definition) is 6. The first-order valence-electron chi connectivity index (χ1n) is 10.4. The van der Waals surface area contributed by atoms with Crippen LogP contribution < -0.4 is 15.5 Å². The minimum atomic E-state index is -4.60. The molecule has 3 aromatic rings. The van der Waals surface area contributed by atoms with Gasteiger partial charge in [-0.15, -0.1) is 10.2 Å². The molecule has 0 unspecified atom stereocenters. The van der Waals surface area contributed by atoms with E-state index in [-0.39, 0.29) is 5.69 Å². The molecule has 178 valence electrons. The van der Waals surface area contributed by atoms with Gasteiger partial charge in [-0.3, -0.25) is 0 Å². The maximum Gasteiger partial charge on any atom is 0.417 e. The number of anilines is 4. The van der Waals surface area contributed by atoms with Crippen molar-refractivity contribution >= 4 is 40.8 Å². The third-order valence-electron chi connectivity index (χ3n) is 5.23. The zero-order valence-electron chi connectivity index (χ0n) is 18.1. The van der Waals surface area contributed by atoms with E-state index in [1.165, 1.54) is 11.0 Å². The number of benzene rings is 1. The molecule has 3 heterocycles. The molecule has 1 fully saturated rings. The Morgan fingerprint density at radius 2 is 1.74 bits per heavy atom. The van der Waals surface area contributed by atoms with Gasteiger partial charge in [-0.05, 0) is 48.9 Å². The van der Waals surface area contributed by atoms with E-state index in [0.717, 1.165) is 17.7 Å². The maximum atomic E-state index is 13.0. The summed E-state index contributed by atoms with van der Waals surface area (Å²) in [5.74, 6) is 1.88. The van der Waals surface area contributed by atoms with Crippen LogP contribution in [0.4, 0.5) is 41.1 Å². The van der Waals surface area contributed by atoms with Gasteiger partial charge in [0.25, 0.3) is 0 Å². The average molecular weight is 492 g/mol. The second-order valence-corrected chi connectivity index (χ2v) is 8.13. The number of rotatable bonds is 4. The highest BCUT2D eigenvalue weighted by molar-refractivity contribution is 6.31. The molecular formula is C22H21ClF3N7O. The second kappa shape index (κ2) is 9.72. The van der Waals surface area contributed by atoms with Gasteiger partial charge in [0.05, 0.1) is 10.6 Å². The fourth-order valence-corrected chi connectivity index (χ4v) is 3.62. The van der Waals surface area contributed by atoms with Crippen molar-refractivity contribution in [2.45, 2.75) is 13.1 Å². The number of carbonyl (C=O) groups is 1. The molecule has 1 aromatic carbocycles. The van der Waals surface area contributed by atoms with Crippen molar-refractivity contribution < 1.29 is 18.0 Å². The summed E-state index contributed by atoms with van der Waals surface area (Å²) in [5, 5.41) is 13.6. The van der Waals surface area contributed by atoms with Gasteiger partial charge in [-0.25, -0.2) is 9.78 Å². The predicted molar refractivity (Wildman–Crippen MR) is 124 cm³/mol. The molecule has 34 heavy (non-hydrogen) atoms. The third kappa shape index (κ3) is 5.66. The first kappa shape index (κ1) is 23.6. The van der Waals surface area contributed by atoms with E-state index < -0.39 is 22.8 Å². The average Bonchev–Trinajstić information content (AvgIpc) is 2.82. The molecule has 2 N–H and O–H groups in total. The number of hydrogen-bond donors (Lipinski definition) is 2. The topological polar surface area (TPSA) is 86.3 Å². The monoisotopic (exact) mass is 491 g/mol. The Bertz CT molecular complexity index is 1150. The lowest BCUT2D eigenvalue weighted by Crippen LogP contribution is -2.50. The Morgan fingerprint density at radius 3 is 2.35 bits per heavy atom. The van der Waals surface area contributed by atoms with Crippen LogP contribution in [0.2, 0.25) is 5.02 Å². The lowest BCUT2D eigenvalue weighted by Gasteiger charge is -2.35. The summed E-state index contributed by atoms with van der Waals surface area (Å²) in [6.45, 7) is 3.71. The first-order valence-corrected chi connectivity index (χ1v) is 10.8. The van der Waals surface area contributed by atoms with Crippen molar-refractivity contribution in [1.82, 2.24) is 20.1 Å². The fourth-order valence-electron chi connectivity index (χ4n) is 3.39. The number of pyridine rings is 1. The van der Waals surface area contributed by atoms with Crippen LogP contribution in [-0.4, -0.2) is 52.3 Å². The predicted octanol–water partition coefficient (Wildman–Crippen LogP) is 4.95. The van der Waals surface area contributed by atoms with Gasteiger partial charge in [-0.2, -0.15) is 13.2 Å². The smallest absolute Gasteiger partial charge is 0.352 e. The van der Waals surface area contributed by atoms with Crippen LogP contribution in [0.1, 0.15) is 11.1 Å². The number of amides is 2. The van der Waals surface area contributed by atoms with E-state index in [1.54, 1.807) is 12.3 Å². The highest BCUT2D eigenvalue weighted by Crippen LogP contribution is 2.36. The Kier molecular flexibility index (Phi) is 6.73. The largest absolute Gasteiger partial charge is 0.417 e. The molecule has 8 nitrogen and oxygen atoms in total. The zero-order chi connectivity index (χ0) is 24.3. The van der Waals surface area contributed by atoms with E-state index in [1.807, 2.05) is 30.0 Å². The molecule has 0 spiro atoms. The van der Waals surface area contributed by atoms with Gasteiger partial charge in [0.2, 0.25) is 0 Å². The Morgan fingerprint density at radius 1 is 1.00 bits per heavy atom. The molecule has 2 aromatic heterocycles. The summed E-state index contributed by atoms with van der Waals surface area (Å²) >= 11 is 5.63. The van der Waals surface area contributed by atoms with E-state index in [2.05, 4.69) is 25.8 Å². The van der Waals surface area contributed by atoms with Crippen molar-refractivity contribution in [3.63, 3.8) is 0 Å².